The summed E-state index contributed by atoms with van der Waals surface area (Å²) in [5.41, 5.74) is 2.18. The number of sulfonamides is 2. The fourth-order valence-corrected chi connectivity index (χ4v) is 6.63. The minimum Gasteiger partial charge on any atom is -0.339 e. The zero-order valence-corrected chi connectivity index (χ0v) is 22.9. The SMILES string of the molecule is NS(=O)(=O)[C@H]1CCN(C(=NS(=O)(=O)c2ccc(Cl)cc2)N2C[C@H](c3ccccc3)C(c3ccc(F)cc3)=N2)C1. The minimum atomic E-state index is -4.23. The van der Waals surface area contributed by atoms with E-state index in [1.165, 1.54) is 41.4 Å². The van der Waals surface area contributed by atoms with Gasteiger partial charge in [0.2, 0.25) is 16.0 Å². The number of hydrogen-bond donors (Lipinski definition) is 1. The lowest BCUT2D eigenvalue weighted by Gasteiger charge is -2.26. The Morgan fingerprint density at radius 2 is 1.62 bits per heavy atom. The van der Waals surface area contributed by atoms with E-state index >= 15 is 0 Å². The normalized spacial score (nSPS) is 20.4. The number of hydrogen-bond acceptors (Lipinski definition) is 5. The van der Waals surface area contributed by atoms with Gasteiger partial charge in [0.15, 0.2) is 0 Å². The molecule has 0 amide bonds. The first-order valence-electron chi connectivity index (χ1n) is 12.1. The summed E-state index contributed by atoms with van der Waals surface area (Å²) >= 11 is 5.93. The zero-order chi connectivity index (χ0) is 27.8. The van der Waals surface area contributed by atoms with Crippen LogP contribution in [-0.4, -0.2) is 63.3 Å². The van der Waals surface area contributed by atoms with Crippen molar-refractivity contribution >= 4 is 43.3 Å². The lowest BCUT2D eigenvalue weighted by atomic mass is 9.91. The smallest absolute Gasteiger partial charge is 0.285 e. The molecule has 2 heterocycles. The van der Waals surface area contributed by atoms with Crippen LogP contribution < -0.4 is 5.14 Å². The monoisotopic (exact) mass is 589 g/mol. The van der Waals surface area contributed by atoms with Gasteiger partial charge in [0.25, 0.3) is 10.0 Å². The quantitative estimate of drug-likeness (QED) is 0.359. The topological polar surface area (TPSA) is 126 Å². The van der Waals surface area contributed by atoms with Crippen molar-refractivity contribution in [2.75, 3.05) is 19.6 Å². The molecule has 2 atom stereocenters. The van der Waals surface area contributed by atoms with Gasteiger partial charge in [-0.15, -0.1) is 4.40 Å². The Balaban J connectivity index is 1.60. The van der Waals surface area contributed by atoms with Crippen molar-refractivity contribution in [1.29, 1.82) is 0 Å². The molecule has 0 aliphatic carbocycles. The average Bonchev–Trinajstić information content (AvgIpc) is 3.57. The zero-order valence-electron chi connectivity index (χ0n) is 20.6. The molecule has 13 heteroatoms. The van der Waals surface area contributed by atoms with E-state index in [1.807, 2.05) is 30.3 Å². The van der Waals surface area contributed by atoms with Crippen LogP contribution in [0.2, 0.25) is 5.02 Å². The number of guanidine groups is 1. The van der Waals surface area contributed by atoms with Crippen molar-refractivity contribution in [2.24, 2.45) is 14.6 Å². The third kappa shape index (κ3) is 5.98. The second-order valence-electron chi connectivity index (χ2n) is 9.30. The molecule has 39 heavy (non-hydrogen) atoms. The molecule has 2 aliphatic heterocycles. The lowest BCUT2D eigenvalue weighted by molar-refractivity contribution is 0.376. The van der Waals surface area contributed by atoms with Crippen LogP contribution in [-0.2, 0) is 20.0 Å². The highest BCUT2D eigenvalue weighted by Gasteiger charge is 2.39. The molecule has 1 fully saturated rings. The van der Waals surface area contributed by atoms with E-state index in [0.29, 0.717) is 16.3 Å². The molecule has 0 spiro atoms. The van der Waals surface area contributed by atoms with E-state index in [0.717, 1.165) is 5.56 Å². The highest BCUT2D eigenvalue weighted by Crippen LogP contribution is 2.31. The van der Waals surface area contributed by atoms with Gasteiger partial charge in [-0.3, -0.25) is 0 Å². The van der Waals surface area contributed by atoms with Crippen LogP contribution >= 0.6 is 11.6 Å². The maximum Gasteiger partial charge on any atom is 0.285 e. The summed E-state index contributed by atoms with van der Waals surface area (Å²) in [6.07, 6.45) is 0.212. The fraction of sp³-hybridized carbons (Fsp3) is 0.231. The van der Waals surface area contributed by atoms with Gasteiger partial charge in [-0.05, 0) is 53.9 Å². The summed E-state index contributed by atoms with van der Waals surface area (Å²) in [6.45, 7) is 0.397. The molecule has 204 valence electrons. The number of benzene rings is 3. The Kier molecular flexibility index (Phi) is 7.47. The van der Waals surface area contributed by atoms with E-state index < -0.39 is 31.1 Å². The largest absolute Gasteiger partial charge is 0.339 e. The number of primary sulfonamides is 1. The molecule has 3 aromatic carbocycles. The Morgan fingerprint density at radius 1 is 0.949 bits per heavy atom. The van der Waals surface area contributed by atoms with Crippen molar-refractivity contribution < 1.29 is 21.2 Å². The first-order chi connectivity index (χ1) is 18.5. The minimum absolute atomic E-state index is 0.0193. The molecule has 9 nitrogen and oxygen atoms in total. The second kappa shape index (κ2) is 10.7. The summed E-state index contributed by atoms with van der Waals surface area (Å²) < 4.78 is 68.7. The van der Waals surface area contributed by atoms with Gasteiger partial charge >= 0.3 is 0 Å². The molecule has 0 aromatic heterocycles. The standard InChI is InChI=1S/C26H25ClFN5O4S2/c27-20-8-12-22(13-9-20)39(36,37)31-26(32-15-14-23(16-32)38(29,34)35)33-17-24(18-4-2-1-3-5-18)25(30-33)19-6-10-21(28)11-7-19/h1-13,23-24H,14-17H2,(H2,29,34,35)/t23-,24+/m0/s1. The van der Waals surface area contributed by atoms with Crippen molar-refractivity contribution in [2.45, 2.75) is 22.5 Å². The molecule has 5 rings (SSSR count). The van der Waals surface area contributed by atoms with Gasteiger partial charge in [-0.2, -0.15) is 13.5 Å². The van der Waals surface area contributed by atoms with E-state index in [1.54, 1.807) is 17.0 Å². The lowest BCUT2D eigenvalue weighted by Crippen LogP contribution is -2.42. The van der Waals surface area contributed by atoms with Crippen LogP contribution in [0.3, 0.4) is 0 Å². The predicted molar refractivity (Wildman–Crippen MR) is 148 cm³/mol. The van der Waals surface area contributed by atoms with Crippen LogP contribution in [0.15, 0.2) is 93.3 Å². The predicted octanol–water partition coefficient (Wildman–Crippen LogP) is 3.39. The van der Waals surface area contributed by atoms with Crippen LogP contribution in [0.5, 0.6) is 0 Å². The Hall–Kier alpha value is -3.32. The van der Waals surface area contributed by atoms with E-state index in [-0.39, 0.29) is 42.8 Å². The maximum atomic E-state index is 13.7. The molecular weight excluding hydrogens is 565 g/mol. The van der Waals surface area contributed by atoms with Gasteiger partial charge < -0.3 is 4.90 Å². The second-order valence-corrected chi connectivity index (χ2v) is 13.2. The first kappa shape index (κ1) is 27.3. The van der Waals surface area contributed by atoms with Crippen molar-refractivity contribution in [3.05, 3.63) is 101 Å². The Morgan fingerprint density at radius 3 is 2.23 bits per heavy atom. The summed E-state index contributed by atoms with van der Waals surface area (Å²) in [4.78, 5) is 1.50. The van der Waals surface area contributed by atoms with E-state index in [9.17, 15) is 21.2 Å². The van der Waals surface area contributed by atoms with Crippen LogP contribution in [0, 0.1) is 5.82 Å². The molecule has 3 aromatic rings. The van der Waals surface area contributed by atoms with Crippen LogP contribution in [0.25, 0.3) is 0 Å². The van der Waals surface area contributed by atoms with Gasteiger partial charge in [0.05, 0.1) is 22.4 Å². The van der Waals surface area contributed by atoms with E-state index in [4.69, 9.17) is 21.8 Å². The number of rotatable bonds is 5. The molecule has 0 radical (unpaired) electrons. The molecule has 0 saturated carbocycles. The molecule has 1 saturated heterocycles. The molecule has 0 bridgehead atoms. The molecule has 0 unspecified atom stereocenters. The average molecular weight is 590 g/mol. The fourth-order valence-electron chi connectivity index (χ4n) is 4.67. The Labute approximate surface area is 231 Å². The number of halogens is 2. The van der Waals surface area contributed by atoms with Crippen molar-refractivity contribution in [3.63, 3.8) is 0 Å². The summed E-state index contributed by atoms with van der Waals surface area (Å²) in [7, 11) is -8.08. The van der Waals surface area contributed by atoms with Crippen LogP contribution in [0.1, 0.15) is 23.5 Å². The third-order valence-electron chi connectivity index (χ3n) is 6.69. The third-order valence-corrected chi connectivity index (χ3v) is 9.53. The summed E-state index contributed by atoms with van der Waals surface area (Å²) in [5.74, 6) is -0.709. The number of nitrogens with zero attached hydrogens (tertiary/aromatic N) is 4. The summed E-state index contributed by atoms with van der Waals surface area (Å²) in [5, 5.41) is 11.1. The van der Waals surface area contributed by atoms with Gasteiger partial charge in [0.1, 0.15) is 5.82 Å². The van der Waals surface area contributed by atoms with Crippen LogP contribution in [0.4, 0.5) is 4.39 Å². The van der Waals surface area contributed by atoms with Gasteiger partial charge in [0, 0.05) is 24.0 Å². The molecular formula is C26H25ClFN5O4S2. The molecule has 2 N–H and O–H groups in total. The van der Waals surface area contributed by atoms with Gasteiger partial charge in [-0.25, -0.2) is 23.0 Å². The number of nitrogens with two attached hydrogens (primary N) is 1. The van der Waals surface area contributed by atoms with E-state index in [2.05, 4.69) is 4.40 Å². The number of likely N-dealkylation sites (tertiary alicyclic amines) is 1. The van der Waals surface area contributed by atoms with Crippen molar-refractivity contribution in [1.82, 2.24) is 9.91 Å². The van der Waals surface area contributed by atoms with Gasteiger partial charge in [-0.1, -0.05) is 54.1 Å². The molecule has 2 aliphatic rings. The Bertz CT molecular complexity index is 1630. The highest BCUT2D eigenvalue weighted by molar-refractivity contribution is 7.90. The van der Waals surface area contributed by atoms with Crippen molar-refractivity contribution in [3.8, 4) is 0 Å². The number of hydrazone groups is 1. The first-order valence-corrected chi connectivity index (χ1v) is 15.5. The highest BCUT2D eigenvalue weighted by atomic mass is 35.5. The summed E-state index contributed by atoms with van der Waals surface area (Å²) in [6, 6.07) is 21.0. The maximum absolute atomic E-state index is 13.7.